The molecule has 0 saturated carbocycles. The number of benzene rings is 1. The van der Waals surface area contributed by atoms with Gasteiger partial charge in [-0.1, -0.05) is 0 Å². The van der Waals surface area contributed by atoms with Crippen molar-refractivity contribution in [3.63, 3.8) is 0 Å². The molecule has 3 nitrogen and oxygen atoms in total. The fraction of sp³-hybridized carbons (Fsp3) is 0.500. The number of nitrogens with zero attached hydrogens (tertiary/aromatic N) is 1. The van der Waals surface area contributed by atoms with Crippen LogP contribution in [0.3, 0.4) is 0 Å². The largest absolute Gasteiger partial charge is 0.492 e. The van der Waals surface area contributed by atoms with E-state index in [9.17, 15) is 4.39 Å². The maximum absolute atomic E-state index is 12.7. The summed E-state index contributed by atoms with van der Waals surface area (Å²) in [5, 5.41) is 0. The molecule has 0 radical (unpaired) electrons. The van der Waals surface area contributed by atoms with Gasteiger partial charge in [0.2, 0.25) is 0 Å². The molecule has 0 aromatic heterocycles. The van der Waals surface area contributed by atoms with Crippen LogP contribution in [0.15, 0.2) is 24.3 Å². The highest BCUT2D eigenvalue weighted by Gasteiger charge is 2.26. The molecular formula is C12H19FN2O. The number of nitrogens with two attached hydrogens (primary N) is 1. The molecule has 0 bridgehead atoms. The van der Waals surface area contributed by atoms with E-state index in [1.54, 1.807) is 12.1 Å². The second-order valence-corrected chi connectivity index (χ2v) is 4.34. The smallest absolute Gasteiger partial charge is 0.123 e. The van der Waals surface area contributed by atoms with Gasteiger partial charge in [-0.2, -0.15) is 0 Å². The normalized spacial score (nSPS) is 14.9. The molecule has 0 amide bonds. The summed E-state index contributed by atoms with van der Waals surface area (Å²) in [7, 11) is 3.92. The van der Waals surface area contributed by atoms with E-state index in [0.717, 1.165) is 0 Å². The molecule has 0 aliphatic heterocycles. The lowest BCUT2D eigenvalue weighted by molar-refractivity contribution is 0.104. The van der Waals surface area contributed by atoms with Crippen LogP contribution in [0.2, 0.25) is 0 Å². The Kier molecular flexibility index (Phi) is 4.26. The highest BCUT2D eigenvalue weighted by Crippen LogP contribution is 2.15. The van der Waals surface area contributed by atoms with Crippen molar-refractivity contribution in [1.29, 1.82) is 0 Å². The fourth-order valence-corrected chi connectivity index (χ4v) is 1.14. The minimum absolute atomic E-state index is 0.214. The zero-order valence-electron chi connectivity index (χ0n) is 10.0. The molecule has 0 aliphatic rings. The third kappa shape index (κ3) is 3.18. The van der Waals surface area contributed by atoms with Gasteiger partial charge in [0.1, 0.15) is 18.2 Å². The molecule has 2 N–H and O–H groups in total. The lowest BCUT2D eigenvalue weighted by Gasteiger charge is -2.34. The predicted octanol–water partition coefficient (Wildman–Crippen LogP) is 1.48. The van der Waals surface area contributed by atoms with Crippen molar-refractivity contribution >= 4 is 0 Å². The van der Waals surface area contributed by atoms with E-state index in [1.807, 2.05) is 25.9 Å². The topological polar surface area (TPSA) is 38.5 Å². The number of hydrogen-bond acceptors (Lipinski definition) is 3. The lowest BCUT2D eigenvalue weighted by atomic mass is 10.0. The van der Waals surface area contributed by atoms with E-state index in [2.05, 4.69) is 0 Å². The second kappa shape index (κ2) is 5.27. The molecule has 0 spiro atoms. The van der Waals surface area contributed by atoms with E-state index >= 15 is 0 Å². The number of halogens is 1. The molecule has 0 saturated heterocycles. The van der Waals surface area contributed by atoms with E-state index < -0.39 is 0 Å². The summed E-state index contributed by atoms with van der Waals surface area (Å²) in [6, 6.07) is 5.99. The summed E-state index contributed by atoms with van der Waals surface area (Å²) in [4.78, 5) is 2.02. The maximum Gasteiger partial charge on any atom is 0.123 e. The minimum atomic E-state index is -0.262. The Balaban J connectivity index is 2.59. The number of rotatable bonds is 5. The third-order valence-electron chi connectivity index (χ3n) is 2.88. The van der Waals surface area contributed by atoms with E-state index in [-0.39, 0.29) is 11.4 Å². The summed E-state index contributed by atoms with van der Waals surface area (Å²) in [6.07, 6.45) is 0. The molecule has 1 aromatic carbocycles. The molecule has 1 atom stereocenters. The van der Waals surface area contributed by atoms with Crippen LogP contribution in [-0.4, -0.2) is 37.7 Å². The molecular weight excluding hydrogens is 207 g/mol. The highest BCUT2D eigenvalue weighted by atomic mass is 19.1. The van der Waals surface area contributed by atoms with Crippen LogP contribution in [0.1, 0.15) is 6.92 Å². The first-order valence-corrected chi connectivity index (χ1v) is 5.24. The Morgan fingerprint density at radius 2 is 1.88 bits per heavy atom. The van der Waals surface area contributed by atoms with Crippen LogP contribution in [0.4, 0.5) is 4.39 Å². The maximum atomic E-state index is 12.7. The van der Waals surface area contributed by atoms with Crippen LogP contribution in [0, 0.1) is 5.82 Å². The SMILES string of the molecule is CN(C)C(C)(CN)COc1ccc(F)cc1. The molecule has 0 heterocycles. The quantitative estimate of drug-likeness (QED) is 0.826. The monoisotopic (exact) mass is 226 g/mol. The van der Waals surface area contributed by atoms with Crippen molar-refractivity contribution < 1.29 is 9.13 Å². The Labute approximate surface area is 96.0 Å². The number of likely N-dealkylation sites (N-methyl/N-ethyl adjacent to an activating group) is 1. The zero-order chi connectivity index (χ0) is 12.2. The van der Waals surface area contributed by atoms with Gasteiger partial charge in [-0.15, -0.1) is 0 Å². The Morgan fingerprint density at radius 1 is 1.31 bits per heavy atom. The summed E-state index contributed by atoms with van der Waals surface area (Å²) >= 11 is 0. The van der Waals surface area contributed by atoms with Crippen molar-refractivity contribution in [3.05, 3.63) is 30.1 Å². The molecule has 1 rings (SSSR count). The van der Waals surface area contributed by atoms with Crippen LogP contribution in [-0.2, 0) is 0 Å². The first kappa shape index (κ1) is 12.9. The fourth-order valence-electron chi connectivity index (χ4n) is 1.14. The Hall–Kier alpha value is -1.13. The van der Waals surface area contributed by atoms with Crippen molar-refractivity contribution in [2.45, 2.75) is 12.5 Å². The molecule has 1 aromatic rings. The predicted molar refractivity (Wildman–Crippen MR) is 63.0 cm³/mol. The van der Waals surface area contributed by atoms with Crippen molar-refractivity contribution in [2.24, 2.45) is 5.73 Å². The molecule has 90 valence electrons. The number of ether oxygens (including phenoxy) is 1. The van der Waals surface area contributed by atoms with E-state index in [0.29, 0.717) is 18.9 Å². The van der Waals surface area contributed by atoms with Gasteiger partial charge in [0.25, 0.3) is 0 Å². The summed E-state index contributed by atoms with van der Waals surface area (Å²) in [5.74, 6) is 0.393. The van der Waals surface area contributed by atoms with Gasteiger partial charge >= 0.3 is 0 Å². The molecule has 1 unspecified atom stereocenters. The van der Waals surface area contributed by atoms with Gasteiger partial charge < -0.3 is 10.5 Å². The summed E-state index contributed by atoms with van der Waals surface area (Å²) in [6.45, 7) is 3.00. The van der Waals surface area contributed by atoms with E-state index in [1.165, 1.54) is 12.1 Å². The standard InChI is InChI=1S/C12H19FN2O/c1-12(8-14,15(2)3)9-16-11-6-4-10(13)5-7-11/h4-7H,8-9,14H2,1-3H3. The second-order valence-electron chi connectivity index (χ2n) is 4.34. The van der Waals surface area contributed by atoms with Crippen molar-refractivity contribution in [1.82, 2.24) is 4.90 Å². The Morgan fingerprint density at radius 3 is 2.31 bits per heavy atom. The minimum Gasteiger partial charge on any atom is -0.492 e. The van der Waals surface area contributed by atoms with Gasteiger partial charge in [-0.3, -0.25) is 4.90 Å². The van der Waals surface area contributed by atoms with Gasteiger partial charge in [0.15, 0.2) is 0 Å². The number of hydrogen-bond donors (Lipinski definition) is 1. The van der Waals surface area contributed by atoms with Crippen LogP contribution in [0.25, 0.3) is 0 Å². The Bertz CT molecular complexity index is 326. The molecule has 0 fully saturated rings. The molecule has 4 heteroatoms. The molecule has 0 aliphatic carbocycles. The average molecular weight is 226 g/mol. The summed E-state index contributed by atoms with van der Waals surface area (Å²) < 4.78 is 18.3. The van der Waals surface area contributed by atoms with Crippen molar-refractivity contribution in [3.8, 4) is 5.75 Å². The first-order valence-electron chi connectivity index (χ1n) is 5.24. The highest BCUT2D eigenvalue weighted by molar-refractivity contribution is 5.22. The van der Waals surface area contributed by atoms with Crippen LogP contribution in [0.5, 0.6) is 5.75 Å². The van der Waals surface area contributed by atoms with Crippen molar-refractivity contribution in [2.75, 3.05) is 27.2 Å². The first-order chi connectivity index (χ1) is 7.48. The summed E-state index contributed by atoms with van der Waals surface area (Å²) in [5.41, 5.74) is 5.50. The van der Waals surface area contributed by atoms with Gasteiger partial charge in [-0.05, 0) is 45.3 Å². The van der Waals surface area contributed by atoms with Gasteiger partial charge in [0, 0.05) is 6.54 Å². The van der Waals surface area contributed by atoms with Crippen LogP contribution >= 0.6 is 0 Å². The zero-order valence-corrected chi connectivity index (χ0v) is 10.0. The van der Waals surface area contributed by atoms with Gasteiger partial charge in [-0.25, -0.2) is 4.39 Å². The van der Waals surface area contributed by atoms with Gasteiger partial charge in [0.05, 0.1) is 5.54 Å². The van der Waals surface area contributed by atoms with E-state index in [4.69, 9.17) is 10.5 Å². The third-order valence-corrected chi connectivity index (χ3v) is 2.88. The van der Waals surface area contributed by atoms with Crippen LogP contribution < -0.4 is 10.5 Å². The molecule has 16 heavy (non-hydrogen) atoms. The lowest BCUT2D eigenvalue weighted by Crippen LogP contribution is -2.52. The average Bonchev–Trinajstić information content (AvgIpc) is 2.27.